The van der Waals surface area contributed by atoms with Crippen molar-refractivity contribution in [3.8, 4) is 11.8 Å². The number of piperidine rings is 1. The van der Waals surface area contributed by atoms with Crippen LogP contribution in [-0.4, -0.2) is 39.9 Å². The summed E-state index contributed by atoms with van der Waals surface area (Å²) in [4.78, 5) is 30.0. The fraction of sp³-hybridized carbons (Fsp3) is 0.588. The first-order chi connectivity index (χ1) is 11.1. The van der Waals surface area contributed by atoms with Crippen molar-refractivity contribution in [2.75, 3.05) is 13.6 Å². The van der Waals surface area contributed by atoms with Crippen molar-refractivity contribution in [1.82, 2.24) is 19.8 Å². The van der Waals surface area contributed by atoms with Gasteiger partial charge in [-0.05, 0) is 25.2 Å². The van der Waals surface area contributed by atoms with Gasteiger partial charge in [-0.3, -0.25) is 9.59 Å². The Hall–Kier alpha value is -2.29. The zero-order chi connectivity index (χ0) is 16.4. The lowest BCUT2D eigenvalue weighted by molar-refractivity contribution is -0.137. The Morgan fingerprint density at radius 1 is 1.39 bits per heavy atom. The van der Waals surface area contributed by atoms with Crippen molar-refractivity contribution in [3.63, 3.8) is 0 Å². The smallest absolute Gasteiger partial charge is 0.295 e. The van der Waals surface area contributed by atoms with Crippen LogP contribution in [0.25, 0.3) is 0 Å². The summed E-state index contributed by atoms with van der Waals surface area (Å²) in [6, 6.07) is -0.118. The van der Waals surface area contributed by atoms with Gasteiger partial charge in [0.2, 0.25) is 5.91 Å². The number of amides is 2. The van der Waals surface area contributed by atoms with Gasteiger partial charge in [0.1, 0.15) is 5.82 Å². The third-order valence-corrected chi connectivity index (χ3v) is 4.60. The first-order valence-electron chi connectivity index (χ1n) is 8.08. The molecular formula is C17H22N4O2. The van der Waals surface area contributed by atoms with Gasteiger partial charge in [0.05, 0.1) is 6.04 Å². The molecule has 0 bridgehead atoms. The SMILES string of the molecule is CN1C(=O)CC[C@H](CNC(=O)C#CC2CC2)[C@H]1c1nccn1C. The molecule has 0 spiro atoms. The molecule has 23 heavy (non-hydrogen) atoms. The van der Waals surface area contributed by atoms with Crippen LogP contribution in [0.3, 0.4) is 0 Å². The number of hydrogen-bond donors (Lipinski definition) is 1. The van der Waals surface area contributed by atoms with E-state index in [-0.39, 0.29) is 23.8 Å². The zero-order valence-corrected chi connectivity index (χ0v) is 13.6. The molecule has 0 radical (unpaired) electrons. The maximum atomic E-state index is 12.1. The molecule has 1 N–H and O–H groups in total. The Kier molecular flexibility index (Phi) is 4.37. The predicted octanol–water partition coefficient (Wildman–Crippen LogP) is 0.859. The Labute approximate surface area is 136 Å². The van der Waals surface area contributed by atoms with Crippen LogP contribution in [0.2, 0.25) is 0 Å². The number of nitrogens with one attached hydrogen (secondary N) is 1. The van der Waals surface area contributed by atoms with Crippen LogP contribution in [0.1, 0.15) is 37.5 Å². The minimum atomic E-state index is -0.227. The Bertz CT molecular complexity index is 666. The van der Waals surface area contributed by atoms with Crippen molar-refractivity contribution >= 4 is 11.8 Å². The van der Waals surface area contributed by atoms with E-state index in [4.69, 9.17) is 0 Å². The lowest BCUT2D eigenvalue weighted by Crippen LogP contribution is -2.45. The zero-order valence-electron chi connectivity index (χ0n) is 13.6. The summed E-state index contributed by atoms with van der Waals surface area (Å²) in [6.45, 7) is 0.507. The quantitative estimate of drug-likeness (QED) is 0.842. The first kappa shape index (κ1) is 15.6. The maximum Gasteiger partial charge on any atom is 0.295 e. The summed E-state index contributed by atoms with van der Waals surface area (Å²) in [7, 11) is 3.73. The maximum absolute atomic E-state index is 12.1. The van der Waals surface area contributed by atoms with Crippen LogP contribution < -0.4 is 5.32 Å². The molecule has 3 rings (SSSR count). The van der Waals surface area contributed by atoms with Crippen LogP contribution in [0.5, 0.6) is 0 Å². The van der Waals surface area contributed by atoms with Gasteiger partial charge >= 0.3 is 0 Å². The van der Waals surface area contributed by atoms with E-state index < -0.39 is 0 Å². The standard InChI is InChI=1S/C17H22N4O2/c1-20-10-9-18-17(20)16-13(6-8-15(23)21(16)2)11-19-14(22)7-5-12-3-4-12/h9-10,12-13,16H,3-4,6,8,11H2,1-2H3,(H,19,22)/t13-,16+/m1/s1. The fourth-order valence-corrected chi connectivity index (χ4v) is 3.04. The summed E-state index contributed by atoms with van der Waals surface area (Å²) in [5.74, 6) is 6.93. The molecule has 1 aliphatic carbocycles. The molecule has 6 heteroatoms. The molecule has 2 fully saturated rings. The first-order valence-corrected chi connectivity index (χ1v) is 8.08. The molecule has 2 atom stereocenters. The van der Waals surface area contributed by atoms with Crippen molar-refractivity contribution in [1.29, 1.82) is 0 Å². The Morgan fingerprint density at radius 2 is 2.17 bits per heavy atom. The van der Waals surface area contributed by atoms with Crippen LogP contribution in [0.15, 0.2) is 12.4 Å². The highest BCUT2D eigenvalue weighted by Crippen LogP contribution is 2.34. The molecule has 1 saturated carbocycles. The number of imidazole rings is 1. The van der Waals surface area contributed by atoms with E-state index in [1.807, 2.05) is 24.9 Å². The fourth-order valence-electron chi connectivity index (χ4n) is 3.04. The minimum absolute atomic E-state index is 0.118. The third-order valence-electron chi connectivity index (χ3n) is 4.60. The number of carbonyl (C=O) groups excluding carboxylic acids is 2. The van der Waals surface area contributed by atoms with Gasteiger partial charge in [0.15, 0.2) is 0 Å². The second-order valence-electron chi connectivity index (χ2n) is 6.40. The van der Waals surface area contributed by atoms with E-state index in [1.165, 1.54) is 0 Å². The van der Waals surface area contributed by atoms with E-state index >= 15 is 0 Å². The molecule has 2 amide bonds. The van der Waals surface area contributed by atoms with Crippen molar-refractivity contribution in [2.45, 2.75) is 31.7 Å². The van der Waals surface area contributed by atoms with Crippen molar-refractivity contribution in [2.24, 2.45) is 18.9 Å². The van der Waals surface area contributed by atoms with Crippen LogP contribution in [0, 0.1) is 23.7 Å². The second-order valence-corrected chi connectivity index (χ2v) is 6.40. The Morgan fingerprint density at radius 3 is 2.83 bits per heavy atom. The third kappa shape index (κ3) is 3.55. The van der Waals surface area contributed by atoms with Gasteiger partial charge in [-0.15, -0.1) is 0 Å². The van der Waals surface area contributed by atoms with Gasteiger partial charge in [-0.2, -0.15) is 0 Å². The number of likely N-dealkylation sites (tertiary alicyclic amines) is 1. The van der Waals surface area contributed by atoms with Gasteiger partial charge < -0.3 is 14.8 Å². The second kappa shape index (κ2) is 6.45. The highest BCUT2D eigenvalue weighted by Gasteiger charge is 2.36. The van der Waals surface area contributed by atoms with E-state index in [0.29, 0.717) is 18.9 Å². The normalized spacial score (nSPS) is 24.1. The summed E-state index contributed by atoms with van der Waals surface area (Å²) in [5, 5.41) is 2.89. The molecule has 0 unspecified atom stereocenters. The van der Waals surface area contributed by atoms with Gasteiger partial charge in [0, 0.05) is 51.3 Å². The van der Waals surface area contributed by atoms with Crippen LogP contribution >= 0.6 is 0 Å². The van der Waals surface area contributed by atoms with Gasteiger partial charge in [0.25, 0.3) is 5.91 Å². The van der Waals surface area contributed by atoms with Crippen molar-refractivity contribution < 1.29 is 9.59 Å². The number of carbonyl (C=O) groups is 2. The molecule has 1 aromatic rings. The molecule has 1 aliphatic heterocycles. The summed E-state index contributed by atoms with van der Waals surface area (Å²) in [5.41, 5.74) is 0. The topological polar surface area (TPSA) is 67.2 Å². The molecule has 6 nitrogen and oxygen atoms in total. The van der Waals surface area contributed by atoms with E-state index in [1.54, 1.807) is 11.1 Å². The van der Waals surface area contributed by atoms with E-state index in [0.717, 1.165) is 25.1 Å². The summed E-state index contributed by atoms with van der Waals surface area (Å²) >= 11 is 0. The highest BCUT2D eigenvalue weighted by molar-refractivity contribution is 5.93. The molecular weight excluding hydrogens is 292 g/mol. The largest absolute Gasteiger partial charge is 0.345 e. The lowest BCUT2D eigenvalue weighted by Gasteiger charge is -2.38. The minimum Gasteiger partial charge on any atom is -0.345 e. The van der Waals surface area contributed by atoms with E-state index in [9.17, 15) is 9.59 Å². The molecule has 1 aromatic heterocycles. The number of aromatic nitrogens is 2. The van der Waals surface area contributed by atoms with Crippen molar-refractivity contribution in [3.05, 3.63) is 18.2 Å². The summed E-state index contributed by atoms with van der Waals surface area (Å²) < 4.78 is 1.93. The number of hydrogen-bond acceptors (Lipinski definition) is 3. The van der Waals surface area contributed by atoms with Crippen LogP contribution in [-0.2, 0) is 16.6 Å². The van der Waals surface area contributed by atoms with Gasteiger partial charge in [-0.25, -0.2) is 4.98 Å². The summed E-state index contributed by atoms with van der Waals surface area (Å²) in [6.07, 6.45) is 7.08. The number of rotatable bonds is 3. The molecule has 122 valence electrons. The van der Waals surface area contributed by atoms with E-state index in [2.05, 4.69) is 22.1 Å². The lowest BCUT2D eigenvalue weighted by atomic mass is 9.88. The average molecular weight is 314 g/mol. The molecule has 2 aliphatic rings. The average Bonchev–Trinajstić information content (AvgIpc) is 3.27. The highest BCUT2D eigenvalue weighted by atomic mass is 16.2. The monoisotopic (exact) mass is 314 g/mol. The number of aryl methyl sites for hydroxylation is 1. The molecule has 2 heterocycles. The molecule has 1 saturated heterocycles. The Balaban J connectivity index is 1.68. The predicted molar refractivity (Wildman–Crippen MR) is 85.0 cm³/mol. The number of nitrogens with zero attached hydrogens (tertiary/aromatic N) is 3. The van der Waals surface area contributed by atoms with Crippen LogP contribution in [0.4, 0.5) is 0 Å². The molecule has 0 aromatic carbocycles. The van der Waals surface area contributed by atoms with Gasteiger partial charge in [-0.1, -0.05) is 5.92 Å².